The van der Waals surface area contributed by atoms with E-state index in [-0.39, 0.29) is 0 Å². The SMILES string of the molecule is CC(C)(C)OC(=O)NCCN1CCc2nc(C(N)=O)sc2C1. The number of aromatic nitrogens is 1. The molecule has 0 bridgehead atoms. The third-order valence-corrected chi connectivity index (χ3v) is 4.21. The van der Waals surface area contributed by atoms with Gasteiger partial charge in [-0.1, -0.05) is 0 Å². The van der Waals surface area contributed by atoms with E-state index < -0.39 is 17.6 Å². The number of nitrogens with zero attached hydrogens (tertiary/aromatic N) is 2. The predicted molar refractivity (Wildman–Crippen MR) is 83.8 cm³/mol. The number of thiazole rings is 1. The van der Waals surface area contributed by atoms with Gasteiger partial charge in [-0.3, -0.25) is 9.69 Å². The number of hydrogen-bond donors (Lipinski definition) is 2. The van der Waals surface area contributed by atoms with Crippen molar-refractivity contribution in [2.75, 3.05) is 19.6 Å². The van der Waals surface area contributed by atoms with E-state index in [0.717, 1.165) is 36.6 Å². The molecule has 0 atom stereocenters. The van der Waals surface area contributed by atoms with Crippen molar-refractivity contribution in [3.8, 4) is 0 Å². The number of carbonyl (C=O) groups is 2. The Labute approximate surface area is 133 Å². The molecule has 3 N–H and O–H groups in total. The molecular formula is C14H22N4O3S. The molecule has 2 heterocycles. The third-order valence-electron chi connectivity index (χ3n) is 3.12. The number of hydrogen-bond acceptors (Lipinski definition) is 6. The molecule has 2 rings (SSSR count). The molecule has 8 heteroatoms. The van der Waals surface area contributed by atoms with Crippen molar-refractivity contribution >= 4 is 23.3 Å². The van der Waals surface area contributed by atoms with Crippen molar-refractivity contribution in [1.29, 1.82) is 0 Å². The molecule has 0 unspecified atom stereocenters. The first kappa shape index (κ1) is 16.7. The van der Waals surface area contributed by atoms with E-state index >= 15 is 0 Å². The van der Waals surface area contributed by atoms with Gasteiger partial charge in [0.25, 0.3) is 5.91 Å². The van der Waals surface area contributed by atoms with Gasteiger partial charge in [0.15, 0.2) is 5.01 Å². The molecule has 1 aromatic rings. The molecular weight excluding hydrogens is 304 g/mol. The first-order valence-corrected chi connectivity index (χ1v) is 8.04. The van der Waals surface area contributed by atoms with Crippen LogP contribution in [0.2, 0.25) is 0 Å². The number of ether oxygens (including phenoxy) is 1. The zero-order chi connectivity index (χ0) is 16.3. The normalized spacial score (nSPS) is 15.2. The standard InChI is InChI=1S/C14H22N4O3S/c1-14(2,3)21-13(20)16-5-7-18-6-4-9-10(8-18)22-12(17-9)11(15)19/h4-8H2,1-3H3,(H2,15,19)(H,16,20). The van der Waals surface area contributed by atoms with E-state index in [9.17, 15) is 9.59 Å². The second kappa shape index (κ2) is 6.62. The highest BCUT2D eigenvalue weighted by Gasteiger charge is 2.22. The largest absolute Gasteiger partial charge is 0.444 e. The topological polar surface area (TPSA) is 97.6 Å². The van der Waals surface area contributed by atoms with E-state index in [1.165, 1.54) is 11.3 Å². The fraction of sp³-hybridized carbons (Fsp3) is 0.643. The minimum Gasteiger partial charge on any atom is -0.444 e. The summed E-state index contributed by atoms with van der Waals surface area (Å²) in [6.45, 7) is 8.33. The molecule has 0 aromatic carbocycles. The molecule has 0 aliphatic carbocycles. The average molecular weight is 326 g/mol. The molecule has 0 spiro atoms. The molecule has 2 amide bonds. The molecule has 1 aromatic heterocycles. The fourth-order valence-corrected chi connectivity index (χ4v) is 3.18. The Hall–Kier alpha value is -1.67. The summed E-state index contributed by atoms with van der Waals surface area (Å²) in [4.78, 5) is 30.3. The van der Waals surface area contributed by atoms with Crippen LogP contribution in [0.5, 0.6) is 0 Å². The maximum absolute atomic E-state index is 11.6. The maximum atomic E-state index is 11.6. The Kier molecular flexibility index (Phi) is 5.02. The zero-order valence-corrected chi connectivity index (χ0v) is 14.0. The highest BCUT2D eigenvalue weighted by Crippen LogP contribution is 2.24. The summed E-state index contributed by atoms with van der Waals surface area (Å²) in [6.07, 6.45) is 0.393. The molecule has 22 heavy (non-hydrogen) atoms. The number of carbonyl (C=O) groups excluding carboxylic acids is 2. The van der Waals surface area contributed by atoms with Gasteiger partial charge in [-0.15, -0.1) is 11.3 Å². The number of amides is 2. The second-order valence-electron chi connectivity index (χ2n) is 6.21. The monoisotopic (exact) mass is 326 g/mol. The summed E-state index contributed by atoms with van der Waals surface area (Å²) in [5, 5.41) is 3.12. The number of nitrogens with two attached hydrogens (primary N) is 1. The predicted octanol–water partition coefficient (Wildman–Crippen LogP) is 1.12. The summed E-state index contributed by atoms with van der Waals surface area (Å²) in [5.74, 6) is -0.474. The molecule has 0 saturated heterocycles. The molecule has 0 fully saturated rings. The minimum atomic E-state index is -0.488. The zero-order valence-electron chi connectivity index (χ0n) is 13.1. The molecule has 0 radical (unpaired) electrons. The van der Waals surface area contributed by atoms with Gasteiger partial charge in [0.05, 0.1) is 5.69 Å². The van der Waals surface area contributed by atoms with Crippen LogP contribution in [0.4, 0.5) is 4.79 Å². The van der Waals surface area contributed by atoms with Crippen LogP contribution < -0.4 is 11.1 Å². The van der Waals surface area contributed by atoms with Crippen molar-refractivity contribution in [1.82, 2.24) is 15.2 Å². The number of rotatable bonds is 4. The fourth-order valence-electron chi connectivity index (χ4n) is 2.17. The molecule has 1 aliphatic rings. The summed E-state index contributed by atoms with van der Waals surface area (Å²) >= 11 is 1.36. The van der Waals surface area contributed by atoms with Crippen LogP contribution in [0.15, 0.2) is 0 Å². The quantitative estimate of drug-likeness (QED) is 0.864. The molecule has 122 valence electrons. The van der Waals surface area contributed by atoms with Crippen molar-refractivity contribution < 1.29 is 14.3 Å². The summed E-state index contributed by atoms with van der Waals surface area (Å²) in [6, 6.07) is 0. The van der Waals surface area contributed by atoms with Crippen molar-refractivity contribution in [2.24, 2.45) is 5.73 Å². The first-order valence-electron chi connectivity index (χ1n) is 7.22. The van der Waals surface area contributed by atoms with Gasteiger partial charge in [0, 0.05) is 37.5 Å². The van der Waals surface area contributed by atoms with E-state index in [4.69, 9.17) is 10.5 Å². The van der Waals surface area contributed by atoms with E-state index in [0.29, 0.717) is 11.6 Å². The van der Waals surface area contributed by atoms with Gasteiger partial charge < -0.3 is 15.8 Å². The molecule has 0 saturated carbocycles. The van der Waals surface area contributed by atoms with Crippen LogP contribution in [0.1, 0.15) is 41.1 Å². The van der Waals surface area contributed by atoms with Crippen LogP contribution in [0, 0.1) is 0 Å². The van der Waals surface area contributed by atoms with Gasteiger partial charge in [-0.05, 0) is 20.8 Å². The van der Waals surface area contributed by atoms with Crippen LogP contribution in [0.3, 0.4) is 0 Å². The van der Waals surface area contributed by atoms with Crippen LogP contribution in [-0.2, 0) is 17.7 Å². The van der Waals surface area contributed by atoms with E-state index in [1.54, 1.807) is 0 Å². The minimum absolute atomic E-state index is 0.374. The lowest BCUT2D eigenvalue weighted by Crippen LogP contribution is -2.39. The highest BCUT2D eigenvalue weighted by molar-refractivity contribution is 7.13. The number of fused-ring (bicyclic) bond motifs is 1. The van der Waals surface area contributed by atoms with Gasteiger partial charge in [-0.25, -0.2) is 9.78 Å². The summed E-state index contributed by atoms with van der Waals surface area (Å²) < 4.78 is 5.19. The van der Waals surface area contributed by atoms with Crippen molar-refractivity contribution in [2.45, 2.75) is 39.3 Å². The third kappa shape index (κ3) is 4.67. The number of alkyl carbamates (subject to hydrolysis) is 1. The lowest BCUT2D eigenvalue weighted by atomic mass is 10.2. The van der Waals surface area contributed by atoms with Crippen molar-refractivity contribution in [3.05, 3.63) is 15.6 Å². The maximum Gasteiger partial charge on any atom is 0.407 e. The van der Waals surface area contributed by atoms with E-state index in [1.807, 2.05) is 20.8 Å². The van der Waals surface area contributed by atoms with Gasteiger partial charge >= 0.3 is 6.09 Å². The van der Waals surface area contributed by atoms with Gasteiger partial charge in [0.2, 0.25) is 0 Å². The van der Waals surface area contributed by atoms with Crippen LogP contribution >= 0.6 is 11.3 Å². The summed E-state index contributed by atoms with van der Waals surface area (Å²) in [7, 11) is 0. The Morgan fingerprint density at radius 2 is 2.18 bits per heavy atom. The second-order valence-corrected chi connectivity index (χ2v) is 7.29. The Morgan fingerprint density at radius 1 is 1.45 bits per heavy atom. The Balaban J connectivity index is 1.79. The molecule has 1 aliphatic heterocycles. The molecule has 7 nitrogen and oxygen atoms in total. The number of nitrogens with one attached hydrogen (secondary N) is 1. The number of primary amides is 1. The average Bonchev–Trinajstić information content (AvgIpc) is 2.79. The van der Waals surface area contributed by atoms with E-state index in [2.05, 4.69) is 15.2 Å². The van der Waals surface area contributed by atoms with Gasteiger partial charge in [0.1, 0.15) is 5.60 Å². The Morgan fingerprint density at radius 3 is 2.82 bits per heavy atom. The highest BCUT2D eigenvalue weighted by atomic mass is 32.1. The smallest absolute Gasteiger partial charge is 0.407 e. The lowest BCUT2D eigenvalue weighted by molar-refractivity contribution is 0.0521. The van der Waals surface area contributed by atoms with Crippen LogP contribution in [0.25, 0.3) is 0 Å². The summed E-state index contributed by atoms with van der Waals surface area (Å²) in [5.41, 5.74) is 5.74. The van der Waals surface area contributed by atoms with Gasteiger partial charge in [-0.2, -0.15) is 0 Å². The van der Waals surface area contributed by atoms with Crippen molar-refractivity contribution in [3.63, 3.8) is 0 Å². The lowest BCUT2D eigenvalue weighted by Gasteiger charge is -2.26. The van der Waals surface area contributed by atoms with Crippen LogP contribution in [-0.4, -0.2) is 47.1 Å². The first-order chi connectivity index (χ1) is 10.2. The Bertz CT molecular complexity index is 565.